The number of carbonyl (C=O) groups excluding carboxylic acids is 1. The predicted octanol–water partition coefficient (Wildman–Crippen LogP) is 3.84. The van der Waals surface area contributed by atoms with Crippen LogP contribution in [-0.4, -0.2) is 29.4 Å². The molecule has 2 atom stereocenters. The highest BCUT2D eigenvalue weighted by Crippen LogP contribution is 2.61. The van der Waals surface area contributed by atoms with E-state index in [4.69, 9.17) is 5.11 Å². The van der Waals surface area contributed by atoms with Gasteiger partial charge in [0, 0.05) is 12.3 Å². The number of rotatable bonds is 10. The number of carboxylic acid groups (broad SMARTS) is 1. The number of carboxylic acids is 1. The van der Waals surface area contributed by atoms with Crippen molar-refractivity contribution in [1.82, 2.24) is 5.32 Å². The zero-order valence-electron chi connectivity index (χ0n) is 12.5. The van der Waals surface area contributed by atoms with E-state index in [0.717, 1.165) is 41.9 Å². The molecule has 2 N–H and O–H groups in total. The molecule has 0 spiro atoms. The van der Waals surface area contributed by atoms with Gasteiger partial charge in [0.15, 0.2) is 0 Å². The lowest BCUT2D eigenvalue weighted by Gasteiger charge is -2.15. The molecule has 0 aromatic rings. The molecule has 1 saturated carbocycles. The number of nitrogens with one attached hydrogen (secondary N) is 1. The fraction of sp³-hybridized carbons (Fsp3) is 0.733. The van der Waals surface area contributed by atoms with Crippen molar-refractivity contribution in [3.05, 3.63) is 9.47 Å². The van der Waals surface area contributed by atoms with E-state index in [1.165, 1.54) is 0 Å². The van der Waals surface area contributed by atoms with Gasteiger partial charge in [0.2, 0.25) is 0 Å². The molecule has 2 unspecified atom stereocenters. The first-order valence-corrected chi connectivity index (χ1v) is 8.82. The van der Waals surface area contributed by atoms with E-state index in [0.29, 0.717) is 0 Å². The number of hydrogen-bond donors (Lipinski definition) is 2. The molecular formula is C15H23Br2NO3. The molecule has 0 heterocycles. The zero-order valence-corrected chi connectivity index (χ0v) is 15.7. The normalized spacial score (nSPS) is 26.2. The van der Waals surface area contributed by atoms with Gasteiger partial charge in [0.1, 0.15) is 6.29 Å². The second-order valence-electron chi connectivity index (χ2n) is 6.13. The molecule has 21 heavy (non-hydrogen) atoms. The second-order valence-corrected chi connectivity index (χ2v) is 8.90. The molecule has 0 saturated heterocycles. The van der Waals surface area contributed by atoms with Crippen LogP contribution in [0.25, 0.3) is 0 Å². The lowest BCUT2D eigenvalue weighted by molar-refractivity contribution is -0.137. The molecule has 0 aliphatic heterocycles. The lowest BCUT2D eigenvalue weighted by atomic mass is 10.1. The van der Waals surface area contributed by atoms with Gasteiger partial charge in [-0.05, 0) is 56.7 Å². The van der Waals surface area contributed by atoms with Crippen molar-refractivity contribution < 1.29 is 14.7 Å². The van der Waals surface area contributed by atoms with Crippen LogP contribution in [0.3, 0.4) is 0 Å². The van der Waals surface area contributed by atoms with E-state index in [1.807, 2.05) is 6.08 Å². The first-order chi connectivity index (χ1) is 9.78. The maximum absolute atomic E-state index is 11.6. The predicted molar refractivity (Wildman–Crippen MR) is 90.7 cm³/mol. The summed E-state index contributed by atoms with van der Waals surface area (Å²) in [4.78, 5) is 21.9. The topological polar surface area (TPSA) is 66.4 Å². The average molecular weight is 425 g/mol. The summed E-state index contributed by atoms with van der Waals surface area (Å²) in [5.74, 6) is -0.564. The van der Waals surface area contributed by atoms with Crippen molar-refractivity contribution >= 4 is 44.1 Å². The van der Waals surface area contributed by atoms with Crippen LogP contribution in [0.5, 0.6) is 0 Å². The van der Waals surface area contributed by atoms with Gasteiger partial charge in [-0.15, -0.1) is 0 Å². The van der Waals surface area contributed by atoms with Gasteiger partial charge in [-0.2, -0.15) is 0 Å². The van der Waals surface area contributed by atoms with Crippen molar-refractivity contribution in [2.75, 3.05) is 6.54 Å². The zero-order chi connectivity index (χ0) is 16.1. The summed E-state index contributed by atoms with van der Waals surface area (Å²) in [6, 6.07) is 0. The molecule has 0 aromatic heterocycles. The largest absolute Gasteiger partial charge is 0.481 e. The minimum absolute atomic E-state index is 0.0924. The average Bonchev–Trinajstić information content (AvgIpc) is 2.83. The lowest BCUT2D eigenvalue weighted by Crippen LogP contribution is -2.39. The molecule has 0 bridgehead atoms. The van der Waals surface area contributed by atoms with Crippen molar-refractivity contribution in [3.63, 3.8) is 0 Å². The highest BCUT2D eigenvalue weighted by molar-refractivity contribution is 9.28. The van der Waals surface area contributed by atoms with E-state index < -0.39 is 11.5 Å². The Morgan fingerprint density at radius 1 is 1.24 bits per heavy atom. The van der Waals surface area contributed by atoms with Crippen LogP contribution < -0.4 is 5.32 Å². The Morgan fingerprint density at radius 3 is 2.38 bits per heavy atom. The first-order valence-electron chi connectivity index (χ1n) is 7.24. The molecule has 0 aromatic carbocycles. The SMILES string of the molecule is CC1(C)C(C=C(Br)Br)C1(C=O)NCCCCCCC(=O)O. The molecule has 4 nitrogen and oxygen atoms in total. The van der Waals surface area contributed by atoms with Crippen LogP contribution in [0.2, 0.25) is 0 Å². The van der Waals surface area contributed by atoms with Gasteiger partial charge in [-0.3, -0.25) is 4.79 Å². The molecular weight excluding hydrogens is 402 g/mol. The maximum Gasteiger partial charge on any atom is 0.303 e. The van der Waals surface area contributed by atoms with E-state index >= 15 is 0 Å². The van der Waals surface area contributed by atoms with Gasteiger partial charge in [0.05, 0.1) is 8.93 Å². The van der Waals surface area contributed by atoms with Crippen LogP contribution in [0.1, 0.15) is 46.0 Å². The van der Waals surface area contributed by atoms with Crippen molar-refractivity contribution in [2.45, 2.75) is 51.5 Å². The van der Waals surface area contributed by atoms with E-state index in [1.54, 1.807) is 0 Å². The van der Waals surface area contributed by atoms with E-state index in [-0.39, 0.29) is 17.8 Å². The molecule has 1 aliphatic carbocycles. The Balaban J connectivity index is 2.34. The third kappa shape index (κ3) is 4.63. The van der Waals surface area contributed by atoms with Crippen LogP contribution >= 0.6 is 31.9 Å². The molecule has 1 aliphatic rings. The Morgan fingerprint density at radius 2 is 1.86 bits per heavy atom. The minimum atomic E-state index is -0.734. The van der Waals surface area contributed by atoms with Gasteiger partial charge in [0.25, 0.3) is 0 Å². The fourth-order valence-electron chi connectivity index (χ4n) is 2.96. The third-order valence-corrected chi connectivity index (χ3v) is 4.99. The number of halogens is 2. The van der Waals surface area contributed by atoms with E-state index in [2.05, 4.69) is 51.0 Å². The fourth-order valence-corrected chi connectivity index (χ4v) is 3.49. The maximum atomic E-state index is 11.6. The third-order valence-electron chi connectivity index (χ3n) is 4.46. The molecule has 6 heteroatoms. The Kier molecular flexibility index (Phi) is 7.07. The number of hydrogen-bond acceptors (Lipinski definition) is 3. The van der Waals surface area contributed by atoms with Crippen molar-refractivity contribution in [3.8, 4) is 0 Å². The van der Waals surface area contributed by atoms with Crippen LogP contribution in [-0.2, 0) is 9.59 Å². The first kappa shape index (κ1) is 18.8. The van der Waals surface area contributed by atoms with Crippen molar-refractivity contribution in [2.24, 2.45) is 11.3 Å². The number of carbonyl (C=O) groups is 2. The van der Waals surface area contributed by atoms with Crippen LogP contribution in [0.4, 0.5) is 0 Å². The van der Waals surface area contributed by atoms with Gasteiger partial charge >= 0.3 is 5.97 Å². The monoisotopic (exact) mass is 423 g/mol. The van der Waals surface area contributed by atoms with Crippen LogP contribution in [0, 0.1) is 11.3 Å². The van der Waals surface area contributed by atoms with Gasteiger partial charge < -0.3 is 15.2 Å². The smallest absolute Gasteiger partial charge is 0.303 e. The molecule has 1 rings (SSSR count). The minimum Gasteiger partial charge on any atom is -0.481 e. The van der Waals surface area contributed by atoms with Gasteiger partial charge in [-0.25, -0.2) is 0 Å². The quantitative estimate of drug-likeness (QED) is 0.413. The van der Waals surface area contributed by atoms with Crippen molar-refractivity contribution in [1.29, 1.82) is 0 Å². The molecule has 0 radical (unpaired) electrons. The highest BCUT2D eigenvalue weighted by Gasteiger charge is 2.70. The summed E-state index contributed by atoms with van der Waals surface area (Å²) >= 11 is 6.71. The number of aliphatic carboxylic acids is 1. The molecule has 1 fully saturated rings. The highest BCUT2D eigenvalue weighted by atomic mass is 79.9. The summed E-state index contributed by atoms with van der Waals surface area (Å²) < 4.78 is 0.868. The summed E-state index contributed by atoms with van der Waals surface area (Å²) in [6.07, 6.45) is 6.87. The number of unbranched alkanes of at least 4 members (excludes halogenated alkanes) is 3. The summed E-state index contributed by atoms with van der Waals surface area (Å²) in [7, 11) is 0. The number of aldehydes is 1. The summed E-state index contributed by atoms with van der Waals surface area (Å²) in [6.45, 7) is 4.95. The van der Waals surface area contributed by atoms with Crippen LogP contribution in [0.15, 0.2) is 9.47 Å². The molecule has 120 valence electrons. The second kappa shape index (κ2) is 7.88. The Labute approximate surface area is 143 Å². The summed E-state index contributed by atoms with van der Waals surface area (Å²) in [5, 5.41) is 12.0. The van der Waals surface area contributed by atoms with E-state index in [9.17, 15) is 9.59 Å². The van der Waals surface area contributed by atoms with Gasteiger partial charge in [-0.1, -0.05) is 32.8 Å². The summed E-state index contributed by atoms with van der Waals surface area (Å²) in [5.41, 5.74) is -0.578. The molecule has 0 amide bonds. The standard InChI is InChI=1S/C15H23Br2NO3/c1-14(2)11(9-12(16)17)15(14,10-19)18-8-6-4-3-5-7-13(20)21/h9-11,18H,3-8H2,1-2H3,(H,20,21). The Bertz CT molecular complexity index is 419. The Hall–Kier alpha value is -0.200.